The summed E-state index contributed by atoms with van der Waals surface area (Å²) in [6.07, 6.45) is -3.04. The van der Waals surface area contributed by atoms with E-state index >= 15 is 0 Å². The molecule has 0 saturated heterocycles. The molecule has 2 aromatic rings. The first-order valence-electron chi connectivity index (χ1n) is 5.24. The molecule has 0 aliphatic heterocycles. The lowest BCUT2D eigenvalue weighted by Crippen LogP contribution is -2.09. The van der Waals surface area contributed by atoms with Crippen LogP contribution >= 0.6 is 22.3 Å². The van der Waals surface area contributed by atoms with E-state index in [-0.39, 0.29) is 21.4 Å². The van der Waals surface area contributed by atoms with Gasteiger partial charge in [0.25, 0.3) is 9.05 Å². The van der Waals surface area contributed by atoms with Crippen molar-refractivity contribution in [2.75, 3.05) is 0 Å². The molecule has 114 valence electrons. The number of nitrogens with zero attached hydrogens (tertiary/aromatic N) is 3. The normalized spacial score (nSPS) is 12.7. The van der Waals surface area contributed by atoms with Gasteiger partial charge in [-0.1, -0.05) is 11.6 Å². The van der Waals surface area contributed by atoms with Crippen molar-refractivity contribution in [2.45, 2.75) is 18.0 Å². The Morgan fingerprint density at radius 1 is 1.29 bits per heavy atom. The fourth-order valence-electron chi connectivity index (χ4n) is 1.59. The highest BCUT2D eigenvalue weighted by molar-refractivity contribution is 8.13. The average Bonchev–Trinajstić information content (AvgIpc) is 2.69. The van der Waals surface area contributed by atoms with Crippen molar-refractivity contribution in [3.8, 4) is 5.82 Å². The minimum absolute atomic E-state index is 0.0826. The summed E-state index contributed by atoms with van der Waals surface area (Å²) in [6.45, 7) is 1.37. The van der Waals surface area contributed by atoms with E-state index < -0.39 is 20.8 Å². The zero-order valence-corrected chi connectivity index (χ0v) is 12.5. The third-order valence-corrected chi connectivity index (χ3v) is 4.28. The van der Waals surface area contributed by atoms with Gasteiger partial charge in [-0.3, -0.25) is 0 Å². The van der Waals surface area contributed by atoms with Crippen LogP contribution in [0, 0.1) is 6.92 Å². The molecule has 2 rings (SSSR count). The van der Waals surface area contributed by atoms with E-state index in [1.54, 1.807) is 0 Å². The van der Waals surface area contributed by atoms with Crippen LogP contribution in [0.25, 0.3) is 5.82 Å². The van der Waals surface area contributed by atoms with Crippen LogP contribution in [0.3, 0.4) is 0 Å². The van der Waals surface area contributed by atoms with Gasteiger partial charge in [0.1, 0.15) is 4.90 Å². The van der Waals surface area contributed by atoms with Gasteiger partial charge in [-0.15, -0.1) is 0 Å². The van der Waals surface area contributed by atoms with E-state index in [1.165, 1.54) is 6.92 Å². The van der Waals surface area contributed by atoms with Gasteiger partial charge in [-0.05, 0) is 13.0 Å². The molecule has 0 atom stereocenters. The van der Waals surface area contributed by atoms with Gasteiger partial charge in [0, 0.05) is 16.9 Å². The molecule has 5 nitrogen and oxygen atoms in total. The molecular formula is C10H6Cl2F3N3O2S. The molecule has 2 heterocycles. The Kier molecular flexibility index (Phi) is 3.94. The summed E-state index contributed by atoms with van der Waals surface area (Å²) in [6, 6.07) is 0.680. The molecule has 0 fully saturated rings. The number of halogens is 5. The first kappa shape index (κ1) is 16.1. The summed E-state index contributed by atoms with van der Waals surface area (Å²) in [5, 5.41) is 3.41. The zero-order valence-electron chi connectivity index (χ0n) is 10.2. The minimum Gasteiger partial charge on any atom is -0.235 e. The summed E-state index contributed by atoms with van der Waals surface area (Å²) < 4.78 is 61.1. The number of alkyl halides is 3. The molecule has 11 heteroatoms. The third-order valence-electron chi connectivity index (χ3n) is 2.58. The Morgan fingerprint density at radius 2 is 1.90 bits per heavy atom. The summed E-state index contributed by atoms with van der Waals surface area (Å²) in [4.78, 5) is 3.31. The molecule has 0 radical (unpaired) electrons. The lowest BCUT2D eigenvalue weighted by molar-refractivity contribution is -0.137. The van der Waals surface area contributed by atoms with Crippen molar-refractivity contribution in [1.82, 2.24) is 14.8 Å². The second-order valence-corrected chi connectivity index (χ2v) is 6.91. The zero-order chi connectivity index (χ0) is 16.0. The summed E-state index contributed by atoms with van der Waals surface area (Å²) in [7, 11) is 1.18. The van der Waals surface area contributed by atoms with Crippen LogP contribution in [-0.4, -0.2) is 23.2 Å². The summed E-state index contributed by atoms with van der Waals surface area (Å²) in [5.41, 5.74) is -0.939. The van der Waals surface area contributed by atoms with E-state index in [2.05, 4.69) is 10.1 Å². The Labute approximate surface area is 126 Å². The lowest BCUT2D eigenvalue weighted by atomic mass is 10.3. The van der Waals surface area contributed by atoms with Gasteiger partial charge in [0.15, 0.2) is 5.82 Å². The molecular weight excluding hydrogens is 354 g/mol. The molecule has 0 N–H and O–H groups in total. The van der Waals surface area contributed by atoms with E-state index in [9.17, 15) is 21.6 Å². The number of hydrogen-bond donors (Lipinski definition) is 0. The Bertz CT molecular complexity index is 802. The van der Waals surface area contributed by atoms with Crippen molar-refractivity contribution in [3.05, 3.63) is 34.7 Å². The minimum atomic E-state index is -4.58. The number of hydrogen-bond acceptors (Lipinski definition) is 4. The van der Waals surface area contributed by atoms with Gasteiger partial charge >= 0.3 is 6.18 Å². The highest BCUT2D eigenvalue weighted by Crippen LogP contribution is 2.32. The van der Waals surface area contributed by atoms with Crippen LogP contribution in [0.1, 0.15) is 11.3 Å². The maximum Gasteiger partial charge on any atom is 0.417 e. The van der Waals surface area contributed by atoms with E-state index in [0.717, 1.165) is 10.9 Å². The second kappa shape index (κ2) is 5.15. The van der Waals surface area contributed by atoms with Crippen molar-refractivity contribution in [1.29, 1.82) is 0 Å². The summed E-state index contributed by atoms with van der Waals surface area (Å²) >= 11 is 5.76. The number of pyridine rings is 1. The number of aromatic nitrogens is 3. The topological polar surface area (TPSA) is 64.8 Å². The molecule has 0 saturated carbocycles. The van der Waals surface area contributed by atoms with Gasteiger partial charge in [-0.25, -0.2) is 18.1 Å². The predicted octanol–water partition coefficient (Wildman–Crippen LogP) is 3.18. The van der Waals surface area contributed by atoms with Gasteiger partial charge in [0.2, 0.25) is 0 Å². The smallest absolute Gasteiger partial charge is 0.235 e. The highest BCUT2D eigenvalue weighted by atomic mass is 35.7. The van der Waals surface area contributed by atoms with Crippen LogP contribution in [0.15, 0.2) is 23.4 Å². The third kappa shape index (κ3) is 3.14. The molecule has 0 spiro atoms. The second-order valence-electron chi connectivity index (χ2n) is 3.97. The molecule has 0 bridgehead atoms. The predicted molar refractivity (Wildman–Crippen MR) is 69.1 cm³/mol. The molecule has 2 aromatic heterocycles. The van der Waals surface area contributed by atoms with Gasteiger partial charge in [0.05, 0.1) is 22.5 Å². The maximum absolute atomic E-state index is 12.5. The van der Waals surface area contributed by atoms with Crippen molar-refractivity contribution in [3.63, 3.8) is 0 Å². The monoisotopic (exact) mass is 359 g/mol. The largest absolute Gasteiger partial charge is 0.417 e. The van der Waals surface area contributed by atoms with E-state index in [0.29, 0.717) is 12.3 Å². The van der Waals surface area contributed by atoms with Gasteiger partial charge in [-0.2, -0.15) is 18.3 Å². The van der Waals surface area contributed by atoms with Crippen molar-refractivity contribution in [2.24, 2.45) is 0 Å². The van der Waals surface area contributed by atoms with Crippen LogP contribution in [0.4, 0.5) is 13.2 Å². The quantitative estimate of drug-likeness (QED) is 0.772. The van der Waals surface area contributed by atoms with Crippen LogP contribution < -0.4 is 0 Å². The lowest BCUT2D eigenvalue weighted by Gasteiger charge is -2.10. The molecule has 0 aromatic carbocycles. The average molecular weight is 360 g/mol. The molecule has 0 aliphatic rings. The first-order chi connectivity index (χ1) is 9.51. The Hall–Kier alpha value is -1.32. The summed E-state index contributed by atoms with van der Waals surface area (Å²) in [5.74, 6) is -0.131. The van der Waals surface area contributed by atoms with Crippen molar-refractivity contribution >= 4 is 31.3 Å². The fraction of sp³-hybridized carbons (Fsp3) is 0.200. The van der Waals surface area contributed by atoms with Crippen molar-refractivity contribution < 1.29 is 21.6 Å². The van der Waals surface area contributed by atoms with Crippen LogP contribution in [0.2, 0.25) is 5.02 Å². The maximum atomic E-state index is 12.5. The first-order valence-corrected chi connectivity index (χ1v) is 7.93. The Balaban J connectivity index is 2.57. The molecule has 0 aliphatic carbocycles. The molecule has 0 amide bonds. The molecule has 21 heavy (non-hydrogen) atoms. The fourth-order valence-corrected chi connectivity index (χ4v) is 2.90. The standard InChI is InChI=1S/C10H6Cl2F3N3O2S/c1-5-8(21(12,19)20)4-17-18(5)9-7(11)2-6(3-16-9)10(13,14)15/h2-4H,1H3. The SMILES string of the molecule is Cc1c(S(=O)(=O)Cl)cnn1-c1ncc(C(F)(F)F)cc1Cl. The molecule has 0 unspecified atom stereocenters. The van der Waals surface area contributed by atoms with Crippen LogP contribution in [0.5, 0.6) is 0 Å². The van der Waals surface area contributed by atoms with Gasteiger partial charge < -0.3 is 0 Å². The van der Waals surface area contributed by atoms with E-state index in [1.807, 2.05) is 0 Å². The number of rotatable bonds is 2. The van der Waals surface area contributed by atoms with Crippen LogP contribution in [-0.2, 0) is 15.2 Å². The highest BCUT2D eigenvalue weighted by Gasteiger charge is 2.32. The van der Waals surface area contributed by atoms with E-state index in [4.69, 9.17) is 22.3 Å². The Morgan fingerprint density at radius 3 is 2.33 bits per heavy atom.